The van der Waals surface area contributed by atoms with E-state index in [1.54, 1.807) is 31.4 Å². The molecule has 3 rings (SSSR count). The molecule has 0 bridgehead atoms. The quantitative estimate of drug-likeness (QED) is 0.639. The summed E-state index contributed by atoms with van der Waals surface area (Å²) in [6, 6.07) is 9.48. The highest BCUT2D eigenvalue weighted by atomic mass is 35.5. The van der Waals surface area contributed by atoms with Crippen molar-refractivity contribution in [2.24, 2.45) is 0 Å². The van der Waals surface area contributed by atoms with Gasteiger partial charge in [0.15, 0.2) is 0 Å². The molecule has 4 nitrogen and oxygen atoms in total. The van der Waals surface area contributed by atoms with E-state index in [0.717, 1.165) is 27.7 Å². The molecule has 0 saturated heterocycles. The van der Waals surface area contributed by atoms with E-state index in [-0.39, 0.29) is 12.3 Å². The summed E-state index contributed by atoms with van der Waals surface area (Å²) in [7, 11) is 3.39. The highest BCUT2D eigenvalue weighted by Crippen LogP contribution is 2.28. The number of amides is 1. The predicted molar refractivity (Wildman–Crippen MR) is 104 cm³/mol. The monoisotopic (exact) mass is 371 g/mol. The number of halogens is 1. The minimum Gasteiger partial charge on any atom is -0.496 e. The van der Waals surface area contributed by atoms with Gasteiger partial charge >= 0.3 is 0 Å². The van der Waals surface area contributed by atoms with Crippen molar-refractivity contribution in [1.82, 2.24) is 4.90 Å². The molecule has 0 radical (unpaired) electrons. The maximum Gasteiger partial charge on any atom is 0.227 e. The maximum atomic E-state index is 12.7. The van der Waals surface area contributed by atoms with Crippen LogP contribution in [-0.2, 0) is 17.8 Å². The summed E-state index contributed by atoms with van der Waals surface area (Å²) in [6.07, 6.45) is 1.97. The second-order valence-corrected chi connectivity index (χ2v) is 6.96. The average molecular weight is 372 g/mol. The number of carbonyl (C=O) groups excluding carboxylic acids is 1. The summed E-state index contributed by atoms with van der Waals surface area (Å²) in [6.45, 7) is 4.51. The van der Waals surface area contributed by atoms with Crippen LogP contribution in [0.25, 0.3) is 11.0 Å². The van der Waals surface area contributed by atoms with Gasteiger partial charge < -0.3 is 14.1 Å². The van der Waals surface area contributed by atoms with Crippen molar-refractivity contribution < 1.29 is 13.9 Å². The molecule has 3 aromatic rings. The summed E-state index contributed by atoms with van der Waals surface area (Å²) in [5.74, 6) is 0.724. The first-order valence-corrected chi connectivity index (χ1v) is 8.81. The van der Waals surface area contributed by atoms with E-state index in [0.29, 0.717) is 17.3 Å². The number of furan rings is 1. The Labute approximate surface area is 158 Å². The van der Waals surface area contributed by atoms with Crippen LogP contribution in [0.4, 0.5) is 0 Å². The molecule has 0 aliphatic heterocycles. The summed E-state index contributed by atoms with van der Waals surface area (Å²) in [5.41, 5.74) is 4.91. The van der Waals surface area contributed by atoms with Crippen LogP contribution in [-0.4, -0.2) is 25.0 Å². The number of methoxy groups -OCH3 is 1. The molecule has 26 heavy (non-hydrogen) atoms. The molecular weight excluding hydrogens is 350 g/mol. The summed E-state index contributed by atoms with van der Waals surface area (Å²) < 4.78 is 11.1. The molecule has 1 amide bonds. The Bertz CT molecular complexity index is 961. The first-order chi connectivity index (χ1) is 12.4. The van der Waals surface area contributed by atoms with Crippen LogP contribution in [0.3, 0.4) is 0 Å². The van der Waals surface area contributed by atoms with Gasteiger partial charge in [0.25, 0.3) is 0 Å². The average Bonchev–Trinajstić information content (AvgIpc) is 3.01. The Balaban J connectivity index is 1.78. The lowest BCUT2D eigenvalue weighted by Crippen LogP contribution is -2.27. The number of hydrogen-bond donors (Lipinski definition) is 0. The number of ether oxygens (including phenoxy) is 1. The zero-order valence-corrected chi connectivity index (χ0v) is 16.2. The standard InChI is InChI=1S/C21H22ClNO3/c1-13-5-7-18-16(12-26-21(18)14(13)2)10-20(24)23(3)11-15-9-17(22)6-8-19(15)25-4/h5-9,12H,10-11H2,1-4H3. The first kappa shape index (κ1) is 18.3. The Morgan fingerprint density at radius 3 is 2.69 bits per heavy atom. The number of fused-ring (bicyclic) bond motifs is 1. The topological polar surface area (TPSA) is 42.7 Å². The van der Waals surface area contributed by atoms with Crippen LogP contribution in [0.2, 0.25) is 5.02 Å². The van der Waals surface area contributed by atoms with Crippen LogP contribution in [0.5, 0.6) is 5.75 Å². The van der Waals surface area contributed by atoms with Gasteiger partial charge in [-0.25, -0.2) is 0 Å². The summed E-state index contributed by atoms with van der Waals surface area (Å²) in [5, 5.41) is 1.61. The van der Waals surface area contributed by atoms with Crippen LogP contribution in [0.15, 0.2) is 41.0 Å². The molecule has 0 fully saturated rings. The lowest BCUT2D eigenvalue weighted by atomic mass is 10.0. The molecule has 2 aromatic carbocycles. The van der Waals surface area contributed by atoms with Gasteiger partial charge in [-0.2, -0.15) is 0 Å². The van der Waals surface area contributed by atoms with E-state index in [1.165, 1.54) is 5.56 Å². The fourth-order valence-electron chi connectivity index (χ4n) is 3.04. The lowest BCUT2D eigenvalue weighted by molar-refractivity contribution is -0.129. The SMILES string of the molecule is COc1ccc(Cl)cc1CN(C)C(=O)Cc1coc2c(C)c(C)ccc12. The van der Waals surface area contributed by atoms with Gasteiger partial charge in [-0.3, -0.25) is 4.79 Å². The van der Waals surface area contributed by atoms with Crippen molar-refractivity contribution in [3.05, 3.63) is 63.9 Å². The predicted octanol–water partition coefficient (Wildman–Crippen LogP) is 4.91. The molecule has 1 aromatic heterocycles. The smallest absolute Gasteiger partial charge is 0.227 e. The minimum atomic E-state index is 0.00737. The van der Waals surface area contributed by atoms with Gasteiger partial charge in [-0.15, -0.1) is 0 Å². The van der Waals surface area contributed by atoms with Gasteiger partial charge in [-0.05, 0) is 43.2 Å². The lowest BCUT2D eigenvalue weighted by Gasteiger charge is -2.19. The van der Waals surface area contributed by atoms with Crippen LogP contribution in [0, 0.1) is 13.8 Å². The van der Waals surface area contributed by atoms with Crippen molar-refractivity contribution in [1.29, 1.82) is 0 Å². The maximum absolute atomic E-state index is 12.7. The van der Waals surface area contributed by atoms with E-state index in [9.17, 15) is 4.79 Å². The highest BCUT2D eigenvalue weighted by Gasteiger charge is 2.17. The fourth-order valence-corrected chi connectivity index (χ4v) is 3.23. The zero-order chi connectivity index (χ0) is 18.8. The third-order valence-electron chi connectivity index (χ3n) is 4.76. The molecule has 0 aliphatic rings. The number of likely N-dealkylation sites (N-methyl/N-ethyl adjacent to an activating group) is 1. The number of nitrogens with zero attached hydrogens (tertiary/aromatic N) is 1. The highest BCUT2D eigenvalue weighted by molar-refractivity contribution is 6.30. The van der Waals surface area contributed by atoms with Crippen molar-refractivity contribution in [2.45, 2.75) is 26.8 Å². The van der Waals surface area contributed by atoms with E-state index in [1.807, 2.05) is 32.0 Å². The van der Waals surface area contributed by atoms with Gasteiger partial charge in [0.1, 0.15) is 11.3 Å². The first-order valence-electron chi connectivity index (χ1n) is 8.43. The zero-order valence-electron chi connectivity index (χ0n) is 15.4. The normalized spacial score (nSPS) is 11.0. The van der Waals surface area contributed by atoms with E-state index in [4.69, 9.17) is 20.8 Å². The van der Waals surface area contributed by atoms with Gasteiger partial charge in [0.2, 0.25) is 5.91 Å². The van der Waals surface area contributed by atoms with Crippen molar-refractivity contribution in [2.75, 3.05) is 14.2 Å². The Morgan fingerprint density at radius 2 is 1.96 bits per heavy atom. The van der Waals surface area contributed by atoms with E-state index < -0.39 is 0 Å². The number of benzene rings is 2. The van der Waals surface area contributed by atoms with Crippen LogP contribution < -0.4 is 4.74 Å². The number of hydrogen-bond acceptors (Lipinski definition) is 3. The molecular formula is C21H22ClNO3. The Morgan fingerprint density at radius 1 is 1.19 bits per heavy atom. The van der Waals surface area contributed by atoms with Gasteiger partial charge in [0.05, 0.1) is 19.8 Å². The number of rotatable bonds is 5. The van der Waals surface area contributed by atoms with Gasteiger partial charge in [0, 0.05) is 35.1 Å². The number of carbonyl (C=O) groups is 1. The number of aryl methyl sites for hydroxylation is 2. The molecule has 0 N–H and O–H groups in total. The fraction of sp³-hybridized carbons (Fsp3) is 0.286. The second-order valence-electron chi connectivity index (χ2n) is 6.53. The van der Waals surface area contributed by atoms with E-state index >= 15 is 0 Å². The molecule has 0 unspecified atom stereocenters. The molecule has 0 atom stereocenters. The van der Waals surface area contributed by atoms with E-state index in [2.05, 4.69) is 6.07 Å². The molecule has 1 heterocycles. The second kappa shape index (κ2) is 7.42. The summed E-state index contributed by atoms with van der Waals surface area (Å²) >= 11 is 6.07. The Kier molecular flexibility index (Phi) is 5.23. The molecule has 0 aliphatic carbocycles. The van der Waals surface area contributed by atoms with Crippen molar-refractivity contribution >= 4 is 28.5 Å². The molecule has 136 valence electrons. The van der Waals surface area contributed by atoms with Crippen molar-refractivity contribution in [3.8, 4) is 5.75 Å². The van der Waals surface area contributed by atoms with Crippen molar-refractivity contribution in [3.63, 3.8) is 0 Å². The molecule has 0 spiro atoms. The largest absolute Gasteiger partial charge is 0.496 e. The van der Waals surface area contributed by atoms with Crippen LogP contribution >= 0.6 is 11.6 Å². The third-order valence-corrected chi connectivity index (χ3v) is 4.99. The minimum absolute atomic E-state index is 0.00737. The van der Waals surface area contributed by atoms with Crippen LogP contribution in [0.1, 0.15) is 22.3 Å². The van der Waals surface area contributed by atoms with Gasteiger partial charge in [-0.1, -0.05) is 23.7 Å². The molecule has 5 heteroatoms. The Hall–Kier alpha value is -2.46. The third kappa shape index (κ3) is 3.56. The molecule has 0 saturated carbocycles. The summed E-state index contributed by atoms with van der Waals surface area (Å²) in [4.78, 5) is 14.4.